The number of nitrogens with zero attached hydrogens (tertiary/aromatic N) is 3. The van der Waals surface area contributed by atoms with Crippen LogP contribution in [0.15, 0.2) is 67.0 Å². The number of benzene rings is 2. The molecule has 0 unspecified atom stereocenters. The fourth-order valence-electron chi connectivity index (χ4n) is 5.86. The molecule has 2 saturated heterocycles. The molecule has 4 heterocycles. The highest BCUT2D eigenvalue weighted by Crippen LogP contribution is 2.51. The zero-order valence-electron chi connectivity index (χ0n) is 20.5. The Bertz CT molecular complexity index is 1240. The summed E-state index contributed by atoms with van der Waals surface area (Å²) in [6, 6.07) is 19.3. The molecule has 2 fully saturated rings. The fourth-order valence-corrected chi connectivity index (χ4v) is 5.86. The molecule has 6 rings (SSSR count). The molecule has 0 N–H and O–H groups in total. The summed E-state index contributed by atoms with van der Waals surface area (Å²) in [4.78, 5) is 21.7. The molecule has 180 valence electrons. The Hall–Kier alpha value is -3.54. The lowest BCUT2D eigenvalue weighted by Gasteiger charge is -2.45. The first-order chi connectivity index (χ1) is 16.9. The Morgan fingerprint density at radius 2 is 1.66 bits per heavy atom. The van der Waals surface area contributed by atoms with E-state index in [0.29, 0.717) is 0 Å². The lowest BCUT2D eigenvalue weighted by molar-refractivity contribution is 0.00613. The molecule has 0 aliphatic carbocycles. The quantitative estimate of drug-likeness (QED) is 0.408. The second kappa shape index (κ2) is 8.29. The molecule has 1 amide bonds. The first-order valence-corrected chi connectivity index (χ1v) is 12.5. The summed E-state index contributed by atoms with van der Waals surface area (Å²) in [5, 5.41) is 0. The van der Waals surface area contributed by atoms with E-state index >= 15 is 0 Å². The normalized spacial score (nSPS) is 22.8. The molecule has 3 aliphatic rings. The maximum absolute atomic E-state index is 13.0. The Labute approximate surface area is 206 Å². The average molecular weight is 470 g/mol. The first-order valence-electron chi connectivity index (χ1n) is 12.5. The topological polar surface area (TPSA) is 54.9 Å². The summed E-state index contributed by atoms with van der Waals surface area (Å²) in [6.07, 6.45) is 7.36. The number of fused-ring (bicyclic) bond motifs is 4. The van der Waals surface area contributed by atoms with Gasteiger partial charge in [0.25, 0.3) is 0 Å². The van der Waals surface area contributed by atoms with Crippen molar-refractivity contribution in [2.75, 3.05) is 4.90 Å². The first kappa shape index (κ1) is 22.0. The van der Waals surface area contributed by atoms with Crippen LogP contribution in [0, 0.1) is 0 Å². The molecule has 0 spiro atoms. The summed E-state index contributed by atoms with van der Waals surface area (Å²) >= 11 is 0. The van der Waals surface area contributed by atoms with Crippen LogP contribution in [-0.4, -0.2) is 39.7 Å². The zero-order valence-corrected chi connectivity index (χ0v) is 20.5. The van der Waals surface area contributed by atoms with Crippen molar-refractivity contribution in [1.29, 1.82) is 0 Å². The van der Waals surface area contributed by atoms with E-state index in [1.165, 1.54) is 0 Å². The number of pyridine rings is 1. The molecule has 3 atom stereocenters. The highest BCUT2D eigenvalue weighted by molar-refractivity contribution is 5.81. The lowest BCUT2D eigenvalue weighted by atomic mass is 9.94. The van der Waals surface area contributed by atoms with Gasteiger partial charge in [-0.25, -0.2) is 4.79 Å². The van der Waals surface area contributed by atoms with Gasteiger partial charge in [0.05, 0.1) is 11.4 Å². The Morgan fingerprint density at radius 1 is 0.914 bits per heavy atom. The van der Waals surface area contributed by atoms with E-state index < -0.39 is 5.60 Å². The smallest absolute Gasteiger partial charge is 0.410 e. The Morgan fingerprint density at radius 3 is 2.37 bits per heavy atom. The number of ether oxygens (including phenoxy) is 2. The van der Waals surface area contributed by atoms with Gasteiger partial charge in [0.1, 0.15) is 5.60 Å². The minimum absolute atomic E-state index is 0.174. The highest BCUT2D eigenvalue weighted by Gasteiger charge is 2.47. The molecule has 1 aromatic heterocycles. The maximum atomic E-state index is 13.0. The number of amides is 1. The van der Waals surface area contributed by atoms with Gasteiger partial charge in [0.2, 0.25) is 0 Å². The SMILES string of the molecule is CC(C)(C)OC(=O)N1[C@@H]2CC[C@H]1C[C@@H](N1c3ccccc3Oc3cc(-c4cccnc4)ccc31)C2. The van der Waals surface area contributed by atoms with Crippen molar-refractivity contribution in [3.8, 4) is 22.6 Å². The number of rotatable bonds is 2. The van der Waals surface area contributed by atoms with Crippen molar-refractivity contribution in [3.05, 3.63) is 67.0 Å². The average Bonchev–Trinajstić information content (AvgIpc) is 3.11. The molecular formula is C29H31N3O3. The van der Waals surface area contributed by atoms with Crippen LogP contribution in [0.4, 0.5) is 16.2 Å². The number of aromatic nitrogens is 1. The van der Waals surface area contributed by atoms with Gasteiger partial charge in [-0.05, 0) is 82.3 Å². The van der Waals surface area contributed by atoms with Crippen molar-refractivity contribution in [3.63, 3.8) is 0 Å². The molecule has 35 heavy (non-hydrogen) atoms. The summed E-state index contributed by atoms with van der Waals surface area (Å²) in [5.41, 5.74) is 3.82. The van der Waals surface area contributed by atoms with E-state index in [1.807, 2.05) is 50.1 Å². The van der Waals surface area contributed by atoms with Crippen LogP contribution < -0.4 is 9.64 Å². The molecule has 3 aliphatic heterocycles. The number of carbonyl (C=O) groups is 1. The summed E-state index contributed by atoms with van der Waals surface area (Å²) in [7, 11) is 0. The minimum Gasteiger partial charge on any atom is -0.453 e. The number of para-hydroxylation sites is 2. The third-order valence-electron chi connectivity index (χ3n) is 7.24. The van der Waals surface area contributed by atoms with Gasteiger partial charge in [0, 0.05) is 36.1 Å². The molecular weight excluding hydrogens is 438 g/mol. The van der Waals surface area contributed by atoms with E-state index in [2.05, 4.69) is 46.3 Å². The Kier molecular flexibility index (Phi) is 5.20. The minimum atomic E-state index is -0.485. The van der Waals surface area contributed by atoms with Crippen LogP contribution in [0.5, 0.6) is 11.5 Å². The van der Waals surface area contributed by atoms with Gasteiger partial charge < -0.3 is 19.3 Å². The van der Waals surface area contributed by atoms with Gasteiger partial charge in [-0.2, -0.15) is 0 Å². The molecule has 0 saturated carbocycles. The van der Waals surface area contributed by atoms with E-state index in [9.17, 15) is 4.79 Å². The largest absolute Gasteiger partial charge is 0.453 e. The molecule has 2 bridgehead atoms. The number of hydrogen-bond acceptors (Lipinski definition) is 5. The maximum Gasteiger partial charge on any atom is 0.410 e. The number of carbonyl (C=O) groups excluding carboxylic acids is 1. The Balaban J connectivity index is 1.33. The van der Waals surface area contributed by atoms with Gasteiger partial charge in [-0.15, -0.1) is 0 Å². The number of anilines is 2. The standard InChI is InChI=1S/C29H31N3O3/c1-29(2,3)35-28(33)31-21-11-12-22(31)17-23(16-21)32-24-8-4-5-9-26(24)34-27-15-19(10-13-25(27)32)20-7-6-14-30-18-20/h4-10,13-15,18,21-23H,11-12,16-17H2,1-3H3/t21-,22+,23+. The van der Waals surface area contributed by atoms with Crippen molar-refractivity contribution < 1.29 is 14.3 Å². The highest BCUT2D eigenvalue weighted by atomic mass is 16.6. The predicted molar refractivity (Wildman–Crippen MR) is 136 cm³/mol. The van der Waals surface area contributed by atoms with Crippen LogP contribution in [0.2, 0.25) is 0 Å². The summed E-state index contributed by atoms with van der Waals surface area (Å²) in [5.74, 6) is 1.72. The molecule has 2 aromatic carbocycles. The third kappa shape index (κ3) is 4.01. The van der Waals surface area contributed by atoms with Crippen LogP contribution in [0.3, 0.4) is 0 Å². The lowest BCUT2D eigenvalue weighted by Crippen LogP contribution is -2.53. The number of hydrogen-bond donors (Lipinski definition) is 0. The van der Waals surface area contributed by atoms with Gasteiger partial charge in [-0.3, -0.25) is 4.98 Å². The van der Waals surface area contributed by atoms with Crippen molar-refractivity contribution in [2.45, 2.75) is 70.2 Å². The van der Waals surface area contributed by atoms with Gasteiger partial charge in [0.15, 0.2) is 11.5 Å². The molecule has 3 aromatic rings. The summed E-state index contributed by atoms with van der Waals surface area (Å²) in [6.45, 7) is 5.79. The van der Waals surface area contributed by atoms with Crippen molar-refractivity contribution in [2.24, 2.45) is 0 Å². The molecule has 0 radical (unpaired) electrons. The second-order valence-electron chi connectivity index (χ2n) is 10.8. The monoisotopic (exact) mass is 469 g/mol. The van der Waals surface area contributed by atoms with Crippen molar-refractivity contribution in [1.82, 2.24) is 9.88 Å². The summed E-state index contributed by atoms with van der Waals surface area (Å²) < 4.78 is 12.2. The van der Waals surface area contributed by atoms with E-state index in [1.54, 1.807) is 6.20 Å². The van der Waals surface area contributed by atoms with Gasteiger partial charge >= 0.3 is 6.09 Å². The third-order valence-corrected chi connectivity index (χ3v) is 7.24. The van der Waals surface area contributed by atoms with E-state index in [-0.39, 0.29) is 24.2 Å². The van der Waals surface area contributed by atoms with Crippen LogP contribution in [0.25, 0.3) is 11.1 Å². The van der Waals surface area contributed by atoms with Crippen LogP contribution in [0.1, 0.15) is 46.5 Å². The van der Waals surface area contributed by atoms with Gasteiger partial charge in [-0.1, -0.05) is 24.3 Å². The molecule has 6 heteroatoms. The molecule has 6 nitrogen and oxygen atoms in total. The fraction of sp³-hybridized carbons (Fsp3) is 0.379. The number of piperidine rings is 1. The van der Waals surface area contributed by atoms with Crippen LogP contribution >= 0.6 is 0 Å². The second-order valence-corrected chi connectivity index (χ2v) is 10.8. The van der Waals surface area contributed by atoms with Crippen molar-refractivity contribution >= 4 is 17.5 Å². The van der Waals surface area contributed by atoms with E-state index in [0.717, 1.165) is 59.7 Å². The van der Waals surface area contributed by atoms with E-state index in [4.69, 9.17) is 9.47 Å². The zero-order chi connectivity index (χ0) is 24.2. The van der Waals surface area contributed by atoms with Crippen LogP contribution in [-0.2, 0) is 4.74 Å². The predicted octanol–water partition coefficient (Wildman–Crippen LogP) is 6.92.